The molecule has 0 bridgehead atoms. The van der Waals surface area contributed by atoms with Gasteiger partial charge in [-0.1, -0.05) is 12.1 Å². The third-order valence-electron chi connectivity index (χ3n) is 1.69. The van der Waals surface area contributed by atoms with Gasteiger partial charge in [0.1, 0.15) is 5.75 Å². The van der Waals surface area contributed by atoms with E-state index in [0.717, 1.165) is 18.1 Å². The summed E-state index contributed by atoms with van der Waals surface area (Å²) in [6.07, 6.45) is 0. The number of para-hydroxylation sites is 2. The van der Waals surface area contributed by atoms with Crippen LogP contribution in [0.25, 0.3) is 0 Å². The molecule has 0 heterocycles. The van der Waals surface area contributed by atoms with Crippen molar-refractivity contribution in [1.29, 1.82) is 0 Å². The predicted octanol–water partition coefficient (Wildman–Crippen LogP) is 1.63. The molecule has 0 atom stereocenters. The van der Waals surface area contributed by atoms with Gasteiger partial charge in [-0.05, 0) is 26.2 Å². The fraction of sp³-hybridized carbons (Fsp3) is 0.400. The number of nitrogens with zero attached hydrogens (tertiary/aromatic N) is 1. The zero-order chi connectivity index (χ0) is 9.68. The van der Waals surface area contributed by atoms with Crippen LogP contribution in [0.1, 0.15) is 0 Å². The number of rotatable bonds is 4. The minimum atomic E-state index is 0.806. The summed E-state index contributed by atoms with van der Waals surface area (Å²) >= 11 is 0. The number of hydrogen-bond donors (Lipinski definition) is 1. The molecule has 0 fully saturated rings. The average Bonchev–Trinajstić information content (AvgIpc) is 2.15. The van der Waals surface area contributed by atoms with E-state index in [1.54, 1.807) is 7.11 Å². The zero-order valence-corrected chi connectivity index (χ0v) is 8.37. The third-order valence-corrected chi connectivity index (χ3v) is 1.69. The van der Waals surface area contributed by atoms with Crippen molar-refractivity contribution < 1.29 is 4.74 Å². The van der Waals surface area contributed by atoms with Gasteiger partial charge in [-0.15, -0.1) is 0 Å². The van der Waals surface area contributed by atoms with Gasteiger partial charge in [-0.3, -0.25) is 4.90 Å². The van der Waals surface area contributed by atoms with E-state index in [2.05, 4.69) is 10.2 Å². The highest BCUT2D eigenvalue weighted by molar-refractivity contribution is 5.55. The Morgan fingerprint density at radius 2 is 2.00 bits per heavy atom. The van der Waals surface area contributed by atoms with Crippen molar-refractivity contribution in [2.45, 2.75) is 0 Å². The second-order valence-corrected chi connectivity index (χ2v) is 3.11. The molecule has 1 aromatic carbocycles. The molecule has 0 aliphatic carbocycles. The molecule has 13 heavy (non-hydrogen) atoms. The minimum absolute atomic E-state index is 0.806. The molecule has 1 aromatic rings. The van der Waals surface area contributed by atoms with Crippen LogP contribution in [0.3, 0.4) is 0 Å². The second kappa shape index (κ2) is 4.72. The van der Waals surface area contributed by atoms with Crippen LogP contribution in [0, 0.1) is 0 Å². The van der Waals surface area contributed by atoms with Crippen molar-refractivity contribution in [3.63, 3.8) is 0 Å². The maximum Gasteiger partial charge on any atom is 0.141 e. The highest BCUT2D eigenvalue weighted by Gasteiger charge is 1.99. The monoisotopic (exact) mass is 180 g/mol. The summed E-state index contributed by atoms with van der Waals surface area (Å²) in [4.78, 5) is 2.06. The molecule has 0 aromatic heterocycles. The quantitative estimate of drug-likeness (QED) is 0.713. The van der Waals surface area contributed by atoms with E-state index in [1.807, 2.05) is 38.4 Å². The van der Waals surface area contributed by atoms with E-state index in [0.29, 0.717) is 0 Å². The molecule has 72 valence electrons. The highest BCUT2D eigenvalue weighted by Crippen LogP contribution is 2.22. The summed E-state index contributed by atoms with van der Waals surface area (Å²) in [7, 11) is 5.71. The van der Waals surface area contributed by atoms with Crippen LogP contribution in [-0.4, -0.2) is 32.8 Å². The van der Waals surface area contributed by atoms with Gasteiger partial charge in [0.05, 0.1) is 19.5 Å². The van der Waals surface area contributed by atoms with Gasteiger partial charge in [-0.25, -0.2) is 0 Å². The highest BCUT2D eigenvalue weighted by atomic mass is 16.5. The molecule has 0 saturated heterocycles. The van der Waals surface area contributed by atoms with Gasteiger partial charge in [0, 0.05) is 0 Å². The van der Waals surface area contributed by atoms with Gasteiger partial charge >= 0.3 is 0 Å². The molecule has 0 aliphatic heterocycles. The summed E-state index contributed by atoms with van der Waals surface area (Å²) in [6, 6.07) is 7.89. The lowest BCUT2D eigenvalue weighted by Gasteiger charge is -2.14. The first-order valence-corrected chi connectivity index (χ1v) is 4.25. The molecule has 0 radical (unpaired) electrons. The Balaban J connectivity index is 2.64. The molecule has 3 heteroatoms. The standard InChI is InChI=1S/C10H16N2O/c1-12(2)8-11-9-6-4-5-7-10(9)13-3/h4-7,11H,8H2,1-3H3. The van der Waals surface area contributed by atoms with E-state index in [1.165, 1.54) is 0 Å². The van der Waals surface area contributed by atoms with E-state index in [-0.39, 0.29) is 0 Å². The number of nitrogens with one attached hydrogen (secondary N) is 1. The van der Waals surface area contributed by atoms with Crippen molar-refractivity contribution in [3.8, 4) is 5.75 Å². The number of methoxy groups -OCH3 is 1. The first-order chi connectivity index (χ1) is 6.24. The van der Waals surface area contributed by atoms with Crippen LogP contribution in [0.5, 0.6) is 5.75 Å². The first-order valence-electron chi connectivity index (χ1n) is 4.25. The molecular formula is C10H16N2O. The molecule has 0 unspecified atom stereocenters. The number of anilines is 1. The summed E-state index contributed by atoms with van der Waals surface area (Å²) in [6.45, 7) is 0.806. The molecule has 0 spiro atoms. The van der Waals surface area contributed by atoms with Crippen LogP contribution in [0.2, 0.25) is 0 Å². The molecule has 0 aliphatic rings. The number of benzene rings is 1. The lowest BCUT2D eigenvalue weighted by Crippen LogP contribution is -2.20. The lowest BCUT2D eigenvalue weighted by atomic mass is 10.3. The van der Waals surface area contributed by atoms with E-state index < -0.39 is 0 Å². The molecule has 0 amide bonds. The summed E-state index contributed by atoms with van der Waals surface area (Å²) in [5.74, 6) is 0.879. The Morgan fingerprint density at radius 3 is 2.62 bits per heavy atom. The van der Waals surface area contributed by atoms with Crippen LogP contribution in [0.4, 0.5) is 5.69 Å². The topological polar surface area (TPSA) is 24.5 Å². The summed E-state index contributed by atoms with van der Waals surface area (Å²) in [5.41, 5.74) is 1.03. The first kappa shape index (κ1) is 9.86. The largest absolute Gasteiger partial charge is 0.495 e. The van der Waals surface area contributed by atoms with E-state index in [9.17, 15) is 0 Å². The molecule has 1 N–H and O–H groups in total. The Bertz CT molecular complexity index is 261. The van der Waals surface area contributed by atoms with Crippen molar-refractivity contribution in [1.82, 2.24) is 4.90 Å². The van der Waals surface area contributed by atoms with Gasteiger partial charge in [-0.2, -0.15) is 0 Å². The van der Waals surface area contributed by atoms with Crippen molar-refractivity contribution in [2.75, 3.05) is 33.2 Å². The smallest absolute Gasteiger partial charge is 0.141 e. The Morgan fingerprint density at radius 1 is 1.31 bits per heavy atom. The maximum atomic E-state index is 5.20. The average molecular weight is 180 g/mol. The fourth-order valence-electron chi connectivity index (χ4n) is 1.03. The van der Waals surface area contributed by atoms with Crippen LogP contribution in [-0.2, 0) is 0 Å². The van der Waals surface area contributed by atoms with Crippen molar-refractivity contribution in [2.24, 2.45) is 0 Å². The van der Waals surface area contributed by atoms with Crippen molar-refractivity contribution >= 4 is 5.69 Å². The van der Waals surface area contributed by atoms with E-state index in [4.69, 9.17) is 4.74 Å². The van der Waals surface area contributed by atoms with Gasteiger partial charge in [0.2, 0.25) is 0 Å². The molecular weight excluding hydrogens is 164 g/mol. The van der Waals surface area contributed by atoms with Gasteiger partial charge in [0.15, 0.2) is 0 Å². The molecule has 0 saturated carbocycles. The van der Waals surface area contributed by atoms with Crippen LogP contribution in [0.15, 0.2) is 24.3 Å². The molecule has 3 nitrogen and oxygen atoms in total. The Kier molecular flexibility index (Phi) is 3.58. The lowest BCUT2D eigenvalue weighted by molar-refractivity contribution is 0.411. The van der Waals surface area contributed by atoms with Crippen LogP contribution >= 0.6 is 0 Å². The summed E-state index contributed by atoms with van der Waals surface area (Å²) < 4.78 is 5.20. The molecule has 1 rings (SSSR count). The predicted molar refractivity (Wildman–Crippen MR) is 55.2 cm³/mol. The minimum Gasteiger partial charge on any atom is -0.495 e. The normalized spacial score (nSPS) is 10.2. The Labute approximate surface area is 79.3 Å². The fourth-order valence-corrected chi connectivity index (χ4v) is 1.03. The Hall–Kier alpha value is -1.22. The van der Waals surface area contributed by atoms with Crippen LogP contribution < -0.4 is 10.1 Å². The second-order valence-electron chi connectivity index (χ2n) is 3.11. The van der Waals surface area contributed by atoms with Crippen molar-refractivity contribution in [3.05, 3.63) is 24.3 Å². The summed E-state index contributed by atoms with van der Waals surface area (Å²) in [5, 5.41) is 3.26. The van der Waals surface area contributed by atoms with Gasteiger partial charge in [0.25, 0.3) is 0 Å². The number of ether oxygens (including phenoxy) is 1. The van der Waals surface area contributed by atoms with Gasteiger partial charge < -0.3 is 10.1 Å². The number of hydrogen-bond acceptors (Lipinski definition) is 3. The zero-order valence-electron chi connectivity index (χ0n) is 8.37. The van der Waals surface area contributed by atoms with E-state index >= 15 is 0 Å². The third kappa shape index (κ3) is 2.95. The SMILES string of the molecule is COc1ccccc1NCN(C)C. The maximum absolute atomic E-state index is 5.20.